The van der Waals surface area contributed by atoms with Crippen LogP contribution in [-0.2, 0) is 0 Å². The average Bonchev–Trinajstić information content (AvgIpc) is 2.63. The lowest BCUT2D eigenvalue weighted by Gasteiger charge is -2.13. The first kappa shape index (κ1) is 16.3. The van der Waals surface area contributed by atoms with Crippen LogP contribution in [0.25, 0.3) is 0 Å². The maximum absolute atomic E-state index is 11.6. The van der Waals surface area contributed by atoms with E-state index in [-0.39, 0.29) is 5.56 Å². The van der Waals surface area contributed by atoms with Crippen LogP contribution < -0.4 is 21.1 Å². The summed E-state index contributed by atoms with van der Waals surface area (Å²) in [5.41, 5.74) is 7.12. The third kappa shape index (κ3) is 3.84. The van der Waals surface area contributed by atoms with Crippen LogP contribution in [0.1, 0.15) is 10.4 Å². The highest BCUT2D eigenvalue weighted by molar-refractivity contribution is 5.98. The summed E-state index contributed by atoms with van der Waals surface area (Å²) in [6.45, 7) is 0. The largest absolute Gasteiger partial charge is 0.495 e. The Morgan fingerprint density at radius 2 is 1.76 bits per heavy atom. The van der Waals surface area contributed by atoms with Crippen molar-refractivity contribution in [3.8, 4) is 5.75 Å². The molecule has 25 heavy (non-hydrogen) atoms. The molecule has 0 fully saturated rings. The molecule has 0 radical (unpaired) electrons. The molecule has 2 aromatic carbocycles. The van der Waals surface area contributed by atoms with Gasteiger partial charge >= 0.3 is 0 Å². The van der Waals surface area contributed by atoms with Crippen molar-refractivity contribution in [1.29, 1.82) is 0 Å². The number of methoxy groups -OCH3 is 1. The fourth-order valence-electron chi connectivity index (χ4n) is 2.24. The molecular formula is C18H17N5O2. The van der Waals surface area contributed by atoms with E-state index in [2.05, 4.69) is 20.6 Å². The normalized spacial score (nSPS) is 10.1. The number of benzene rings is 2. The molecule has 0 aliphatic carbocycles. The summed E-state index contributed by atoms with van der Waals surface area (Å²) in [5, 5.41) is 6.16. The third-order valence-corrected chi connectivity index (χ3v) is 3.44. The number of amides is 1. The van der Waals surface area contributed by atoms with Gasteiger partial charge in [0.05, 0.1) is 12.8 Å². The molecule has 1 amide bonds. The second-order valence-electron chi connectivity index (χ2n) is 5.14. The number of nitrogens with one attached hydrogen (secondary N) is 2. The molecule has 0 saturated heterocycles. The summed E-state index contributed by atoms with van der Waals surface area (Å²) < 4.78 is 5.30. The van der Waals surface area contributed by atoms with Crippen LogP contribution in [0.5, 0.6) is 5.75 Å². The van der Waals surface area contributed by atoms with Crippen molar-refractivity contribution in [2.24, 2.45) is 5.73 Å². The molecule has 0 aliphatic rings. The number of anilines is 4. The van der Waals surface area contributed by atoms with E-state index in [1.807, 2.05) is 54.6 Å². The molecule has 0 unspecified atom stereocenters. The number of carbonyl (C=O) groups is 1. The lowest BCUT2D eigenvalue weighted by molar-refractivity contribution is 0.100. The van der Waals surface area contributed by atoms with E-state index in [4.69, 9.17) is 10.5 Å². The Bertz CT molecular complexity index is 884. The highest BCUT2D eigenvalue weighted by atomic mass is 16.5. The SMILES string of the molecule is COc1ccccc1Nc1ncc(C(N)=O)c(Nc2ccccc2)n1. The summed E-state index contributed by atoms with van der Waals surface area (Å²) in [6.07, 6.45) is 1.39. The standard InChI is InChI=1S/C18H17N5O2/c1-25-15-10-6-5-9-14(15)22-18-20-11-13(16(19)24)17(23-18)21-12-7-3-2-4-8-12/h2-11H,1H3,(H2,19,24)(H2,20,21,22,23). The van der Waals surface area contributed by atoms with Crippen LogP contribution >= 0.6 is 0 Å². The number of nitrogens with two attached hydrogens (primary N) is 1. The van der Waals surface area contributed by atoms with Crippen molar-refractivity contribution >= 4 is 29.0 Å². The molecule has 0 saturated carbocycles. The number of hydrogen-bond donors (Lipinski definition) is 3. The number of para-hydroxylation sites is 3. The average molecular weight is 335 g/mol. The second kappa shape index (κ2) is 7.31. The van der Waals surface area contributed by atoms with Gasteiger partial charge in [-0.15, -0.1) is 0 Å². The molecule has 7 heteroatoms. The number of ether oxygens (including phenoxy) is 1. The Morgan fingerprint density at radius 1 is 1.04 bits per heavy atom. The molecular weight excluding hydrogens is 318 g/mol. The highest BCUT2D eigenvalue weighted by Gasteiger charge is 2.13. The Morgan fingerprint density at radius 3 is 2.48 bits per heavy atom. The third-order valence-electron chi connectivity index (χ3n) is 3.44. The molecule has 126 valence electrons. The van der Waals surface area contributed by atoms with Gasteiger partial charge in [-0.05, 0) is 24.3 Å². The van der Waals surface area contributed by atoms with Crippen LogP contribution in [0, 0.1) is 0 Å². The van der Waals surface area contributed by atoms with E-state index in [9.17, 15) is 4.79 Å². The fraction of sp³-hybridized carbons (Fsp3) is 0.0556. The summed E-state index contributed by atoms with van der Waals surface area (Å²) in [5.74, 6) is 0.684. The summed E-state index contributed by atoms with van der Waals surface area (Å²) in [4.78, 5) is 20.2. The Labute approximate surface area is 144 Å². The second-order valence-corrected chi connectivity index (χ2v) is 5.14. The smallest absolute Gasteiger partial charge is 0.254 e. The van der Waals surface area contributed by atoms with E-state index in [0.29, 0.717) is 23.2 Å². The topological polar surface area (TPSA) is 102 Å². The van der Waals surface area contributed by atoms with Gasteiger partial charge in [0.1, 0.15) is 17.1 Å². The van der Waals surface area contributed by atoms with Gasteiger partial charge in [0.2, 0.25) is 5.95 Å². The van der Waals surface area contributed by atoms with Crippen molar-refractivity contribution in [3.05, 3.63) is 66.4 Å². The molecule has 4 N–H and O–H groups in total. The summed E-state index contributed by atoms with van der Waals surface area (Å²) in [6, 6.07) is 16.8. The van der Waals surface area contributed by atoms with Gasteiger partial charge in [-0.1, -0.05) is 30.3 Å². The number of nitrogens with zero attached hydrogens (tertiary/aromatic N) is 2. The predicted molar refractivity (Wildman–Crippen MR) is 96.6 cm³/mol. The first-order valence-corrected chi connectivity index (χ1v) is 7.56. The zero-order chi connectivity index (χ0) is 17.6. The van der Waals surface area contributed by atoms with Crippen molar-refractivity contribution in [3.63, 3.8) is 0 Å². The highest BCUT2D eigenvalue weighted by Crippen LogP contribution is 2.27. The maximum atomic E-state index is 11.6. The minimum Gasteiger partial charge on any atom is -0.495 e. The predicted octanol–water partition coefficient (Wildman–Crippen LogP) is 3.07. The van der Waals surface area contributed by atoms with Crippen LogP contribution in [0.4, 0.5) is 23.1 Å². The van der Waals surface area contributed by atoms with Crippen molar-refractivity contribution in [2.45, 2.75) is 0 Å². The number of hydrogen-bond acceptors (Lipinski definition) is 6. The van der Waals surface area contributed by atoms with Crippen molar-refractivity contribution in [1.82, 2.24) is 9.97 Å². The van der Waals surface area contributed by atoms with E-state index >= 15 is 0 Å². The number of primary amides is 1. The Balaban J connectivity index is 1.93. The van der Waals surface area contributed by atoms with Gasteiger partial charge in [0.15, 0.2) is 0 Å². The molecule has 0 aliphatic heterocycles. The molecule has 0 atom stereocenters. The van der Waals surface area contributed by atoms with Gasteiger partial charge in [-0.3, -0.25) is 4.79 Å². The lowest BCUT2D eigenvalue weighted by atomic mass is 10.2. The van der Waals surface area contributed by atoms with Gasteiger partial charge < -0.3 is 21.1 Å². The monoisotopic (exact) mass is 335 g/mol. The minimum atomic E-state index is -0.609. The van der Waals surface area contributed by atoms with Crippen LogP contribution in [0.15, 0.2) is 60.8 Å². The molecule has 7 nitrogen and oxygen atoms in total. The van der Waals surface area contributed by atoms with Crippen LogP contribution in [0.2, 0.25) is 0 Å². The van der Waals surface area contributed by atoms with E-state index in [1.165, 1.54) is 6.20 Å². The van der Waals surface area contributed by atoms with E-state index < -0.39 is 5.91 Å². The van der Waals surface area contributed by atoms with Crippen molar-refractivity contribution < 1.29 is 9.53 Å². The van der Waals surface area contributed by atoms with Crippen LogP contribution in [0.3, 0.4) is 0 Å². The fourth-order valence-corrected chi connectivity index (χ4v) is 2.24. The van der Waals surface area contributed by atoms with Crippen LogP contribution in [-0.4, -0.2) is 23.0 Å². The van der Waals surface area contributed by atoms with Gasteiger partial charge in [0.25, 0.3) is 5.91 Å². The zero-order valence-electron chi connectivity index (χ0n) is 13.6. The number of aromatic nitrogens is 2. The molecule has 3 rings (SSSR count). The molecule has 0 spiro atoms. The Hall–Kier alpha value is -3.61. The van der Waals surface area contributed by atoms with Crippen molar-refractivity contribution in [2.75, 3.05) is 17.7 Å². The number of rotatable bonds is 6. The van der Waals surface area contributed by atoms with Gasteiger partial charge in [-0.25, -0.2) is 4.98 Å². The summed E-state index contributed by atoms with van der Waals surface area (Å²) >= 11 is 0. The molecule has 3 aromatic rings. The summed E-state index contributed by atoms with van der Waals surface area (Å²) in [7, 11) is 1.58. The number of carbonyl (C=O) groups excluding carboxylic acids is 1. The van der Waals surface area contributed by atoms with E-state index in [0.717, 1.165) is 5.69 Å². The molecule has 1 aromatic heterocycles. The first-order chi connectivity index (χ1) is 12.2. The van der Waals surface area contributed by atoms with E-state index in [1.54, 1.807) is 7.11 Å². The molecule has 1 heterocycles. The molecule has 0 bridgehead atoms. The Kier molecular flexibility index (Phi) is 4.75. The van der Waals surface area contributed by atoms with Gasteiger partial charge in [-0.2, -0.15) is 4.98 Å². The zero-order valence-corrected chi connectivity index (χ0v) is 13.6. The first-order valence-electron chi connectivity index (χ1n) is 7.56. The quantitative estimate of drug-likeness (QED) is 0.640. The maximum Gasteiger partial charge on any atom is 0.254 e. The minimum absolute atomic E-state index is 0.203. The van der Waals surface area contributed by atoms with Gasteiger partial charge in [0, 0.05) is 11.9 Å². The lowest BCUT2D eigenvalue weighted by Crippen LogP contribution is -2.15.